The van der Waals surface area contributed by atoms with Gasteiger partial charge < -0.3 is 4.74 Å². The van der Waals surface area contributed by atoms with Gasteiger partial charge in [-0.25, -0.2) is 4.98 Å². The first-order valence-electron chi connectivity index (χ1n) is 11.8. The van der Waals surface area contributed by atoms with Crippen molar-refractivity contribution in [2.24, 2.45) is 5.92 Å². The van der Waals surface area contributed by atoms with Gasteiger partial charge in [0.25, 0.3) is 0 Å². The summed E-state index contributed by atoms with van der Waals surface area (Å²) in [6, 6.07) is 16.2. The van der Waals surface area contributed by atoms with Crippen molar-refractivity contribution in [1.29, 1.82) is 0 Å². The van der Waals surface area contributed by atoms with Crippen molar-refractivity contribution in [2.75, 3.05) is 6.61 Å². The predicted molar refractivity (Wildman–Crippen MR) is 128 cm³/mol. The van der Waals surface area contributed by atoms with Crippen LogP contribution in [0, 0.1) is 12.8 Å². The molecule has 4 heteroatoms. The summed E-state index contributed by atoms with van der Waals surface area (Å²) in [5, 5.41) is 0. The molecular weight excluding hydrogens is 396 g/mol. The maximum absolute atomic E-state index is 12.8. The molecule has 1 aliphatic rings. The van der Waals surface area contributed by atoms with Gasteiger partial charge in [0.05, 0.1) is 36.3 Å². The highest BCUT2D eigenvalue weighted by Gasteiger charge is 2.20. The summed E-state index contributed by atoms with van der Waals surface area (Å²) in [4.78, 5) is 22.6. The van der Waals surface area contributed by atoms with Gasteiger partial charge in [0.15, 0.2) is 0 Å². The molecule has 4 rings (SSSR count). The number of carbonyl (C=O) groups excluding carboxylic acids is 1. The normalized spacial score (nSPS) is 13.9. The highest BCUT2D eigenvalue weighted by molar-refractivity contribution is 5.83. The van der Waals surface area contributed by atoms with Crippen LogP contribution in [0.1, 0.15) is 55.1 Å². The standard InChI is InChI=1S/C28H32N2O2/c1-3-32-25-14-12-23(13-15-25)28-19-29-26(27(30-28)17-21-6-4-5-7-21)18-24(31)16-22-10-8-20(2)9-11-22/h8-15,19,21H,3-7,16-18H2,1-2H3. The van der Waals surface area contributed by atoms with Gasteiger partial charge in [-0.05, 0) is 56.0 Å². The van der Waals surface area contributed by atoms with E-state index in [1.54, 1.807) is 0 Å². The van der Waals surface area contributed by atoms with Crippen LogP contribution >= 0.6 is 0 Å². The minimum atomic E-state index is 0.185. The number of carbonyl (C=O) groups is 1. The van der Waals surface area contributed by atoms with E-state index in [4.69, 9.17) is 14.7 Å². The maximum Gasteiger partial charge on any atom is 0.143 e. The highest BCUT2D eigenvalue weighted by Crippen LogP contribution is 2.29. The third kappa shape index (κ3) is 5.82. The fraction of sp³-hybridized carbons (Fsp3) is 0.393. The van der Waals surface area contributed by atoms with Crippen molar-refractivity contribution in [3.63, 3.8) is 0 Å². The molecule has 0 amide bonds. The lowest BCUT2D eigenvalue weighted by Crippen LogP contribution is -2.13. The number of ether oxygens (including phenoxy) is 1. The summed E-state index contributed by atoms with van der Waals surface area (Å²) < 4.78 is 5.55. The quantitative estimate of drug-likeness (QED) is 0.423. The van der Waals surface area contributed by atoms with Gasteiger partial charge in [0.1, 0.15) is 11.5 Å². The van der Waals surface area contributed by atoms with Crippen molar-refractivity contribution in [3.05, 3.63) is 77.2 Å². The number of rotatable bonds is 9. The number of aryl methyl sites for hydroxylation is 1. The minimum Gasteiger partial charge on any atom is -0.494 e. The lowest BCUT2D eigenvalue weighted by atomic mass is 9.97. The van der Waals surface area contributed by atoms with Crippen LogP contribution in [-0.4, -0.2) is 22.4 Å². The Morgan fingerprint density at radius 2 is 1.69 bits per heavy atom. The molecule has 1 saturated carbocycles. The first-order valence-corrected chi connectivity index (χ1v) is 11.8. The monoisotopic (exact) mass is 428 g/mol. The molecular formula is C28H32N2O2. The van der Waals surface area contributed by atoms with Crippen LogP contribution in [0.25, 0.3) is 11.3 Å². The summed E-state index contributed by atoms with van der Waals surface area (Å²) in [5.74, 6) is 1.68. The number of benzene rings is 2. The Balaban J connectivity index is 1.54. The van der Waals surface area contributed by atoms with E-state index in [0.717, 1.165) is 40.4 Å². The molecule has 32 heavy (non-hydrogen) atoms. The van der Waals surface area contributed by atoms with Gasteiger partial charge in [0.2, 0.25) is 0 Å². The maximum atomic E-state index is 12.8. The molecule has 0 spiro atoms. The Hall–Kier alpha value is -3.01. The SMILES string of the molecule is CCOc1ccc(-c2cnc(CC(=O)Cc3ccc(C)cc3)c(CC3CCCC3)n2)cc1. The van der Waals surface area contributed by atoms with Gasteiger partial charge in [-0.15, -0.1) is 0 Å². The second-order valence-corrected chi connectivity index (χ2v) is 8.84. The molecule has 0 radical (unpaired) electrons. The summed E-state index contributed by atoms with van der Waals surface area (Å²) in [6.45, 7) is 4.69. The number of hydrogen-bond donors (Lipinski definition) is 0. The topological polar surface area (TPSA) is 52.1 Å². The van der Waals surface area contributed by atoms with E-state index in [9.17, 15) is 4.79 Å². The van der Waals surface area contributed by atoms with Crippen molar-refractivity contribution >= 4 is 5.78 Å². The molecule has 1 aliphatic carbocycles. The first kappa shape index (κ1) is 22.2. The van der Waals surface area contributed by atoms with Crippen LogP contribution in [0.2, 0.25) is 0 Å². The molecule has 0 atom stereocenters. The van der Waals surface area contributed by atoms with E-state index in [0.29, 0.717) is 25.4 Å². The summed E-state index contributed by atoms with van der Waals surface area (Å²) >= 11 is 0. The molecule has 0 aliphatic heterocycles. The van der Waals surface area contributed by atoms with E-state index in [1.165, 1.54) is 31.2 Å². The van der Waals surface area contributed by atoms with E-state index in [2.05, 4.69) is 19.1 Å². The first-order chi connectivity index (χ1) is 15.6. The van der Waals surface area contributed by atoms with Gasteiger partial charge in [-0.2, -0.15) is 0 Å². The van der Waals surface area contributed by atoms with E-state index >= 15 is 0 Å². The Morgan fingerprint density at radius 3 is 2.38 bits per heavy atom. The van der Waals surface area contributed by atoms with Crippen molar-refractivity contribution in [3.8, 4) is 17.0 Å². The molecule has 2 aromatic carbocycles. The van der Waals surface area contributed by atoms with Crippen molar-refractivity contribution in [2.45, 2.75) is 58.8 Å². The number of hydrogen-bond acceptors (Lipinski definition) is 4. The average Bonchev–Trinajstić information content (AvgIpc) is 3.30. The number of ketones is 1. The summed E-state index contributed by atoms with van der Waals surface area (Å²) in [6.07, 6.45) is 8.56. The molecule has 1 aromatic heterocycles. The van der Waals surface area contributed by atoms with Crippen LogP contribution in [-0.2, 0) is 24.1 Å². The zero-order valence-corrected chi connectivity index (χ0v) is 19.1. The molecule has 1 heterocycles. The molecule has 3 aromatic rings. The second-order valence-electron chi connectivity index (χ2n) is 8.84. The minimum absolute atomic E-state index is 0.185. The van der Waals surface area contributed by atoms with Gasteiger partial charge in [0, 0.05) is 12.0 Å². The zero-order chi connectivity index (χ0) is 22.3. The van der Waals surface area contributed by atoms with Crippen molar-refractivity contribution in [1.82, 2.24) is 9.97 Å². The third-order valence-electron chi connectivity index (χ3n) is 6.24. The van der Waals surface area contributed by atoms with E-state index in [-0.39, 0.29) is 5.78 Å². The number of nitrogens with zero attached hydrogens (tertiary/aromatic N) is 2. The van der Waals surface area contributed by atoms with Crippen LogP contribution in [0.5, 0.6) is 5.75 Å². The lowest BCUT2D eigenvalue weighted by Gasteiger charge is -2.14. The Kier molecular flexibility index (Phi) is 7.31. The van der Waals surface area contributed by atoms with Gasteiger partial charge >= 0.3 is 0 Å². The van der Waals surface area contributed by atoms with E-state index < -0.39 is 0 Å². The number of Topliss-reactive ketones (excluding diaryl/α,β-unsaturated/α-hetero) is 1. The molecule has 1 fully saturated rings. The Bertz CT molecular complexity index is 1040. The molecule has 0 bridgehead atoms. The summed E-state index contributed by atoms with van der Waals surface area (Å²) in [7, 11) is 0. The number of aromatic nitrogens is 2. The largest absolute Gasteiger partial charge is 0.494 e. The highest BCUT2D eigenvalue weighted by atomic mass is 16.5. The Labute approximate surface area is 191 Å². The fourth-order valence-electron chi connectivity index (χ4n) is 4.46. The Morgan fingerprint density at radius 1 is 0.969 bits per heavy atom. The smallest absolute Gasteiger partial charge is 0.143 e. The van der Waals surface area contributed by atoms with Gasteiger partial charge in [-0.3, -0.25) is 9.78 Å². The third-order valence-corrected chi connectivity index (χ3v) is 6.24. The molecule has 166 valence electrons. The fourth-order valence-corrected chi connectivity index (χ4v) is 4.46. The van der Waals surface area contributed by atoms with Crippen molar-refractivity contribution < 1.29 is 9.53 Å². The molecule has 0 N–H and O–H groups in total. The lowest BCUT2D eigenvalue weighted by molar-refractivity contribution is -0.117. The second kappa shape index (κ2) is 10.5. The molecule has 0 saturated heterocycles. The average molecular weight is 429 g/mol. The zero-order valence-electron chi connectivity index (χ0n) is 19.1. The van der Waals surface area contributed by atoms with Crippen LogP contribution < -0.4 is 4.74 Å². The summed E-state index contributed by atoms with van der Waals surface area (Å²) in [5.41, 5.74) is 5.96. The van der Waals surface area contributed by atoms with Crippen LogP contribution in [0.4, 0.5) is 0 Å². The van der Waals surface area contributed by atoms with E-state index in [1.807, 2.05) is 49.5 Å². The van der Waals surface area contributed by atoms with Crippen LogP contribution in [0.3, 0.4) is 0 Å². The predicted octanol–water partition coefficient (Wildman–Crippen LogP) is 5.94. The molecule has 0 unspecified atom stereocenters. The molecule has 4 nitrogen and oxygen atoms in total. The van der Waals surface area contributed by atoms with Gasteiger partial charge in [-0.1, -0.05) is 55.5 Å². The van der Waals surface area contributed by atoms with Crippen LogP contribution in [0.15, 0.2) is 54.7 Å².